The molecule has 0 aromatic heterocycles. The van der Waals surface area contributed by atoms with E-state index in [0.29, 0.717) is 44.2 Å². The van der Waals surface area contributed by atoms with Gasteiger partial charge in [-0.3, -0.25) is 0 Å². The van der Waals surface area contributed by atoms with E-state index in [1.165, 1.54) is 0 Å². The average molecular weight is 615 g/mol. The predicted octanol–water partition coefficient (Wildman–Crippen LogP) is 7.86. The van der Waals surface area contributed by atoms with Crippen molar-refractivity contribution in [2.75, 3.05) is 6.61 Å². The second-order valence-electron chi connectivity index (χ2n) is 10.5. The van der Waals surface area contributed by atoms with Gasteiger partial charge >= 0.3 is 7.82 Å². The molecule has 0 spiro atoms. The van der Waals surface area contributed by atoms with Gasteiger partial charge in [0, 0.05) is 12.8 Å². The summed E-state index contributed by atoms with van der Waals surface area (Å²) in [5.74, 6) is 0.746. The van der Waals surface area contributed by atoms with E-state index in [-0.39, 0.29) is 24.3 Å². The van der Waals surface area contributed by atoms with Crippen molar-refractivity contribution in [1.29, 1.82) is 0 Å². The minimum atomic E-state index is -4.19. The van der Waals surface area contributed by atoms with Crippen LogP contribution in [0.1, 0.15) is 24.0 Å². The van der Waals surface area contributed by atoms with Gasteiger partial charge in [0.15, 0.2) is 0 Å². The molecule has 1 fully saturated rings. The molecule has 2 heterocycles. The summed E-state index contributed by atoms with van der Waals surface area (Å²) in [6, 6.07) is 37.5. The van der Waals surface area contributed by atoms with E-state index in [0.717, 1.165) is 11.1 Å². The van der Waals surface area contributed by atoms with E-state index in [1.807, 2.05) is 72.8 Å². The molecule has 0 bridgehead atoms. The molecular weight excluding hydrogens is 579 g/mol. The minimum absolute atomic E-state index is 0.0608. The number of ether oxygens (including phenoxy) is 4. The molecule has 228 valence electrons. The number of benzene rings is 4. The fourth-order valence-electron chi connectivity index (χ4n) is 5.09. The topological polar surface area (TPSA) is 81.7 Å². The monoisotopic (exact) mass is 614 g/mol. The van der Waals surface area contributed by atoms with Gasteiger partial charge in [-0.05, 0) is 41.5 Å². The minimum Gasteiger partial charge on any atom is -0.459 e. The summed E-state index contributed by atoms with van der Waals surface area (Å²) >= 11 is 0. The zero-order chi connectivity index (χ0) is 30.0. The maximum atomic E-state index is 13.9. The number of hydrogen-bond donors (Lipinski definition) is 0. The lowest BCUT2D eigenvalue weighted by atomic mass is 9.95. The maximum Gasteiger partial charge on any atom is 0.649 e. The first-order valence-electron chi connectivity index (χ1n) is 14.7. The van der Waals surface area contributed by atoms with Crippen LogP contribution in [0.2, 0.25) is 0 Å². The highest BCUT2D eigenvalue weighted by molar-refractivity contribution is 7.49. The van der Waals surface area contributed by atoms with Crippen molar-refractivity contribution in [2.45, 2.75) is 50.5 Å². The Labute approximate surface area is 257 Å². The number of fused-ring (bicyclic) bond motifs is 1. The Morgan fingerprint density at radius 3 is 1.80 bits per heavy atom. The lowest BCUT2D eigenvalue weighted by molar-refractivity contribution is -0.215. The highest BCUT2D eigenvalue weighted by Crippen LogP contribution is 2.52. The smallest absolute Gasteiger partial charge is 0.459 e. The first-order valence-corrected chi connectivity index (χ1v) is 16.2. The third-order valence-corrected chi connectivity index (χ3v) is 8.52. The van der Waals surface area contributed by atoms with Gasteiger partial charge < -0.3 is 32.5 Å². The van der Waals surface area contributed by atoms with Crippen molar-refractivity contribution in [3.63, 3.8) is 0 Å². The molecule has 0 N–H and O–H groups in total. The molecule has 0 saturated carbocycles. The Hall–Kier alpha value is -4.07. The molecule has 4 aromatic rings. The van der Waals surface area contributed by atoms with E-state index >= 15 is 0 Å². The number of rotatable bonds is 13. The molecule has 0 amide bonds. The van der Waals surface area contributed by atoms with Gasteiger partial charge in [0.05, 0.1) is 32.0 Å². The maximum absolute atomic E-state index is 13.9. The van der Waals surface area contributed by atoms with Gasteiger partial charge in [-0.1, -0.05) is 97.1 Å². The number of phosphoric acid groups is 1. The first kappa shape index (κ1) is 30.0. The Bertz CT molecular complexity index is 1470. The molecule has 0 unspecified atom stereocenters. The second kappa shape index (κ2) is 14.6. The molecule has 1 saturated heterocycles. The third-order valence-electron chi connectivity index (χ3n) is 7.25. The molecule has 0 aliphatic carbocycles. The van der Waals surface area contributed by atoms with Crippen molar-refractivity contribution < 1.29 is 37.1 Å². The zero-order valence-electron chi connectivity index (χ0n) is 24.2. The Morgan fingerprint density at radius 2 is 1.20 bits per heavy atom. The molecule has 0 radical (unpaired) electrons. The lowest BCUT2D eigenvalue weighted by Crippen LogP contribution is -2.51. The van der Waals surface area contributed by atoms with Gasteiger partial charge in [-0.25, -0.2) is 0 Å². The molecule has 4 aromatic carbocycles. The largest absolute Gasteiger partial charge is 0.649 e. The van der Waals surface area contributed by atoms with Crippen molar-refractivity contribution in [1.82, 2.24) is 0 Å². The number of hydrogen-bond acceptors (Lipinski definition) is 8. The van der Waals surface area contributed by atoms with Crippen LogP contribution in [0.15, 0.2) is 133 Å². The quantitative estimate of drug-likeness (QED) is 0.141. The van der Waals surface area contributed by atoms with Crippen molar-refractivity contribution in [3.8, 4) is 11.5 Å². The van der Waals surface area contributed by atoms with E-state index < -0.39 is 13.9 Å². The normalized spacial score (nSPS) is 21.3. The molecule has 6 rings (SSSR count). The van der Waals surface area contributed by atoms with Crippen LogP contribution in [0.5, 0.6) is 11.5 Å². The molecule has 2 aliphatic heterocycles. The molecule has 9 heteroatoms. The lowest BCUT2D eigenvalue weighted by Gasteiger charge is -2.42. The van der Waals surface area contributed by atoms with E-state index in [4.69, 9.17) is 32.5 Å². The van der Waals surface area contributed by atoms with Crippen LogP contribution in [0, 0.1) is 0 Å². The number of phosphoric ester groups is 1. The van der Waals surface area contributed by atoms with Crippen molar-refractivity contribution in [3.05, 3.63) is 144 Å². The fraction of sp³-hybridized carbons (Fsp3) is 0.257. The Balaban J connectivity index is 1.15. The van der Waals surface area contributed by atoms with Crippen LogP contribution in [0.25, 0.3) is 0 Å². The summed E-state index contributed by atoms with van der Waals surface area (Å²) in [6.07, 6.45) is 1.47. The Kier molecular flexibility index (Phi) is 9.95. The van der Waals surface area contributed by atoms with Crippen molar-refractivity contribution >= 4 is 7.82 Å². The molecule has 44 heavy (non-hydrogen) atoms. The first-order chi connectivity index (χ1) is 21.6. The van der Waals surface area contributed by atoms with Gasteiger partial charge in [0.25, 0.3) is 5.95 Å². The summed E-state index contributed by atoms with van der Waals surface area (Å²) in [4.78, 5) is 0. The molecule has 8 nitrogen and oxygen atoms in total. The van der Waals surface area contributed by atoms with E-state index in [1.54, 1.807) is 54.6 Å². The Morgan fingerprint density at radius 1 is 0.659 bits per heavy atom. The van der Waals surface area contributed by atoms with Gasteiger partial charge in [-0.15, -0.1) is 0 Å². The standard InChI is InChI=1S/C35H35O8P/c36-44(41-29-17-9-3-10-18-29,42-30-19-11-4-12-20-30)43-35-22-21-31-33(40-35)23-32(38-25-28-15-7-2-8-16-28)34(39-31)26-37-24-27-13-5-1-6-14-27/h1-20,22,31-34H,21,23-26H2/t31-,32-,33+,34+/m0/s1. The van der Waals surface area contributed by atoms with Gasteiger partial charge in [0.1, 0.15) is 23.7 Å². The third kappa shape index (κ3) is 8.30. The summed E-state index contributed by atoms with van der Waals surface area (Å²) in [5, 5.41) is 0. The van der Waals surface area contributed by atoms with Gasteiger partial charge in [-0.2, -0.15) is 4.57 Å². The highest BCUT2D eigenvalue weighted by atomic mass is 31.2. The zero-order valence-corrected chi connectivity index (χ0v) is 25.1. The molecule has 4 atom stereocenters. The summed E-state index contributed by atoms with van der Waals surface area (Å²) in [7, 11) is -4.19. The summed E-state index contributed by atoms with van der Waals surface area (Å²) in [5.41, 5.74) is 2.15. The van der Waals surface area contributed by atoms with Gasteiger partial charge in [0.2, 0.25) is 0 Å². The summed E-state index contributed by atoms with van der Waals surface area (Å²) in [6.45, 7) is 1.27. The van der Waals surface area contributed by atoms with E-state index in [9.17, 15) is 4.57 Å². The fourth-order valence-corrected chi connectivity index (χ4v) is 6.30. The van der Waals surface area contributed by atoms with Crippen LogP contribution in [-0.2, 0) is 41.3 Å². The van der Waals surface area contributed by atoms with E-state index in [2.05, 4.69) is 0 Å². The van der Waals surface area contributed by atoms with Crippen LogP contribution in [0.3, 0.4) is 0 Å². The highest BCUT2D eigenvalue weighted by Gasteiger charge is 2.44. The number of para-hydroxylation sites is 2. The summed E-state index contributed by atoms with van der Waals surface area (Å²) < 4.78 is 56.5. The van der Waals surface area contributed by atoms with Crippen LogP contribution in [-0.4, -0.2) is 31.0 Å². The average Bonchev–Trinajstić information content (AvgIpc) is 3.05. The second-order valence-corrected chi connectivity index (χ2v) is 12.0. The molecule has 2 aliphatic rings. The van der Waals surface area contributed by atoms with Crippen LogP contribution < -0.4 is 9.05 Å². The SMILES string of the molecule is O=P(OC1=CC[C@@H]2O[C@H](COCc3ccccc3)[C@@H](OCc3ccccc3)C[C@H]2O1)(Oc1ccccc1)Oc1ccccc1. The molecular formula is C35H35O8P. The van der Waals surface area contributed by atoms with Crippen molar-refractivity contribution in [2.24, 2.45) is 0 Å². The van der Waals surface area contributed by atoms with Crippen LogP contribution >= 0.6 is 7.82 Å². The van der Waals surface area contributed by atoms with Crippen LogP contribution in [0.4, 0.5) is 0 Å². The predicted molar refractivity (Wildman–Crippen MR) is 165 cm³/mol.